The molecule has 0 spiro atoms. The molecule has 2 aromatic rings. The van der Waals surface area contributed by atoms with Gasteiger partial charge >= 0.3 is 0 Å². The molecule has 5 heteroatoms. The van der Waals surface area contributed by atoms with Crippen LogP contribution >= 0.6 is 0 Å². The minimum Gasteiger partial charge on any atom is -0.489 e. The molecule has 1 N–H and O–H groups in total. The van der Waals surface area contributed by atoms with Gasteiger partial charge in [0, 0.05) is 13.5 Å². The van der Waals surface area contributed by atoms with E-state index in [-0.39, 0.29) is 24.5 Å². The fourth-order valence-electron chi connectivity index (χ4n) is 2.60. The Hall–Kier alpha value is -2.82. The van der Waals surface area contributed by atoms with E-state index in [1.165, 1.54) is 11.8 Å². The van der Waals surface area contributed by atoms with Crippen LogP contribution in [0.15, 0.2) is 48.5 Å². The highest BCUT2D eigenvalue weighted by Crippen LogP contribution is 2.29. The Morgan fingerprint density at radius 1 is 1.08 bits per heavy atom. The number of hydrogen-bond donors (Lipinski definition) is 1. The molecule has 0 aliphatic rings. The Kier molecular flexibility index (Phi) is 6.78. The summed E-state index contributed by atoms with van der Waals surface area (Å²) in [5.74, 6) is 0.156. The third kappa shape index (κ3) is 5.34. The van der Waals surface area contributed by atoms with Crippen LogP contribution in [0.3, 0.4) is 0 Å². The number of rotatable bonds is 7. The van der Waals surface area contributed by atoms with Crippen LogP contribution in [0.1, 0.15) is 31.9 Å². The number of carbonyl (C=O) groups excluding carboxylic acids is 2. The smallest absolute Gasteiger partial charge is 0.240 e. The Bertz CT molecular complexity index is 771. The van der Waals surface area contributed by atoms with Gasteiger partial charge in [-0.1, -0.05) is 36.4 Å². The summed E-state index contributed by atoms with van der Waals surface area (Å²) in [6.07, 6.45) is -0.0279. The molecule has 138 valence electrons. The highest BCUT2D eigenvalue weighted by molar-refractivity contribution is 5.98. The topological polar surface area (TPSA) is 58.6 Å². The third-order valence-electron chi connectivity index (χ3n) is 3.94. The molecule has 0 fully saturated rings. The lowest BCUT2D eigenvalue weighted by molar-refractivity contribution is -0.123. The van der Waals surface area contributed by atoms with Gasteiger partial charge < -0.3 is 10.1 Å². The number of benzene rings is 2. The van der Waals surface area contributed by atoms with Gasteiger partial charge in [-0.25, -0.2) is 0 Å². The molecule has 0 bridgehead atoms. The van der Waals surface area contributed by atoms with Gasteiger partial charge in [0.15, 0.2) is 0 Å². The zero-order valence-electron chi connectivity index (χ0n) is 15.8. The number of aryl methyl sites for hydroxylation is 1. The zero-order valence-corrected chi connectivity index (χ0v) is 15.8. The second-order valence-corrected chi connectivity index (χ2v) is 6.44. The van der Waals surface area contributed by atoms with E-state index in [0.29, 0.717) is 18.0 Å². The molecule has 5 nitrogen and oxygen atoms in total. The largest absolute Gasteiger partial charge is 0.489 e. The van der Waals surface area contributed by atoms with Gasteiger partial charge in [0.05, 0.1) is 11.8 Å². The summed E-state index contributed by atoms with van der Waals surface area (Å²) in [7, 11) is 0. The van der Waals surface area contributed by atoms with Crippen LogP contribution < -0.4 is 15.0 Å². The number of anilines is 1. The lowest BCUT2D eigenvalue weighted by Gasteiger charge is -2.24. The van der Waals surface area contributed by atoms with Gasteiger partial charge in [-0.15, -0.1) is 0 Å². The number of nitrogens with zero attached hydrogens (tertiary/aromatic N) is 1. The van der Waals surface area contributed by atoms with E-state index in [4.69, 9.17) is 4.74 Å². The quantitative estimate of drug-likeness (QED) is 0.828. The fraction of sp³-hybridized carbons (Fsp3) is 0.333. The molecule has 0 heterocycles. The van der Waals surface area contributed by atoms with Crippen LogP contribution in [0.25, 0.3) is 0 Å². The Labute approximate surface area is 155 Å². The van der Waals surface area contributed by atoms with Crippen molar-refractivity contribution in [3.8, 4) is 5.75 Å². The van der Waals surface area contributed by atoms with Crippen LogP contribution in [-0.4, -0.2) is 24.5 Å². The van der Waals surface area contributed by atoms with Gasteiger partial charge in [0.1, 0.15) is 12.3 Å². The monoisotopic (exact) mass is 354 g/mol. The van der Waals surface area contributed by atoms with E-state index in [9.17, 15) is 9.59 Å². The maximum atomic E-state index is 12.4. The molecule has 0 aliphatic heterocycles. The molecule has 0 aliphatic carbocycles. The van der Waals surface area contributed by atoms with E-state index in [1.54, 1.807) is 12.1 Å². The summed E-state index contributed by atoms with van der Waals surface area (Å²) in [4.78, 5) is 26.0. The number of carbonyl (C=O) groups is 2. The summed E-state index contributed by atoms with van der Waals surface area (Å²) in [5, 5.41) is 2.88. The SMILES string of the molecule is CC(=O)N(CC(=O)NCc1ccccc1C)c1ccccc1OC(C)C. The van der Waals surface area contributed by atoms with Crippen molar-refractivity contribution in [3.05, 3.63) is 59.7 Å². The maximum Gasteiger partial charge on any atom is 0.240 e. The van der Waals surface area contributed by atoms with Crippen LogP contribution in [-0.2, 0) is 16.1 Å². The standard InChI is InChI=1S/C21H26N2O3/c1-15(2)26-20-12-8-7-11-19(20)23(17(4)24)14-21(25)22-13-18-10-6-5-9-16(18)3/h5-12,15H,13-14H2,1-4H3,(H,22,25). The molecule has 0 unspecified atom stereocenters. The summed E-state index contributed by atoms with van der Waals surface area (Å²) in [6, 6.07) is 15.1. The average molecular weight is 354 g/mol. The molecular formula is C21H26N2O3. The van der Waals surface area contributed by atoms with E-state index in [2.05, 4.69) is 5.32 Å². The summed E-state index contributed by atoms with van der Waals surface area (Å²) in [6.45, 7) is 7.66. The predicted octanol–water partition coefficient (Wildman–Crippen LogP) is 3.45. The molecule has 0 atom stereocenters. The first-order valence-corrected chi connectivity index (χ1v) is 8.73. The average Bonchev–Trinajstić information content (AvgIpc) is 2.59. The molecule has 2 rings (SSSR count). The summed E-state index contributed by atoms with van der Waals surface area (Å²) >= 11 is 0. The Morgan fingerprint density at radius 2 is 1.73 bits per heavy atom. The van der Waals surface area contributed by atoms with Gasteiger partial charge in [0.25, 0.3) is 0 Å². The van der Waals surface area contributed by atoms with Gasteiger partial charge in [-0.05, 0) is 44.0 Å². The van der Waals surface area contributed by atoms with Crippen molar-refractivity contribution in [2.75, 3.05) is 11.4 Å². The molecule has 0 saturated heterocycles. The van der Waals surface area contributed by atoms with Crippen molar-refractivity contribution in [2.24, 2.45) is 0 Å². The van der Waals surface area contributed by atoms with Crippen molar-refractivity contribution >= 4 is 17.5 Å². The lowest BCUT2D eigenvalue weighted by Crippen LogP contribution is -2.40. The first-order valence-electron chi connectivity index (χ1n) is 8.73. The zero-order chi connectivity index (χ0) is 19.1. The lowest BCUT2D eigenvalue weighted by atomic mass is 10.1. The molecule has 0 saturated carbocycles. The molecule has 0 aromatic heterocycles. The Morgan fingerprint density at radius 3 is 2.38 bits per heavy atom. The third-order valence-corrected chi connectivity index (χ3v) is 3.94. The van der Waals surface area contributed by atoms with E-state index < -0.39 is 0 Å². The van der Waals surface area contributed by atoms with Crippen molar-refractivity contribution in [1.82, 2.24) is 5.32 Å². The highest BCUT2D eigenvalue weighted by Gasteiger charge is 2.19. The summed E-state index contributed by atoms with van der Waals surface area (Å²) in [5.41, 5.74) is 2.77. The van der Waals surface area contributed by atoms with E-state index in [1.807, 2.05) is 57.2 Å². The first-order chi connectivity index (χ1) is 12.4. The van der Waals surface area contributed by atoms with Crippen LogP contribution in [0.4, 0.5) is 5.69 Å². The van der Waals surface area contributed by atoms with Crippen molar-refractivity contribution in [3.63, 3.8) is 0 Å². The van der Waals surface area contributed by atoms with Gasteiger partial charge in [-0.3, -0.25) is 14.5 Å². The van der Waals surface area contributed by atoms with E-state index >= 15 is 0 Å². The molecule has 2 aromatic carbocycles. The number of nitrogens with one attached hydrogen (secondary N) is 1. The van der Waals surface area contributed by atoms with Crippen molar-refractivity contribution < 1.29 is 14.3 Å². The minimum absolute atomic E-state index is 0.0279. The molecular weight excluding hydrogens is 328 g/mol. The molecule has 2 amide bonds. The second kappa shape index (κ2) is 9.04. The van der Waals surface area contributed by atoms with E-state index in [0.717, 1.165) is 11.1 Å². The first kappa shape index (κ1) is 19.5. The number of ether oxygens (including phenoxy) is 1. The van der Waals surface area contributed by atoms with Crippen molar-refractivity contribution in [2.45, 2.75) is 40.3 Å². The van der Waals surface area contributed by atoms with Gasteiger partial charge in [0.2, 0.25) is 11.8 Å². The van der Waals surface area contributed by atoms with Crippen LogP contribution in [0, 0.1) is 6.92 Å². The summed E-state index contributed by atoms with van der Waals surface area (Å²) < 4.78 is 5.78. The predicted molar refractivity (Wildman–Crippen MR) is 103 cm³/mol. The maximum absolute atomic E-state index is 12.4. The van der Waals surface area contributed by atoms with Crippen LogP contribution in [0.2, 0.25) is 0 Å². The van der Waals surface area contributed by atoms with Gasteiger partial charge in [-0.2, -0.15) is 0 Å². The number of para-hydroxylation sites is 2. The fourth-order valence-corrected chi connectivity index (χ4v) is 2.60. The normalized spacial score (nSPS) is 10.5. The second-order valence-electron chi connectivity index (χ2n) is 6.44. The number of hydrogen-bond acceptors (Lipinski definition) is 3. The number of amides is 2. The van der Waals surface area contributed by atoms with Crippen LogP contribution in [0.5, 0.6) is 5.75 Å². The molecule has 0 radical (unpaired) electrons. The Balaban J connectivity index is 2.10. The molecule has 26 heavy (non-hydrogen) atoms. The highest BCUT2D eigenvalue weighted by atomic mass is 16.5. The minimum atomic E-state index is -0.220. The van der Waals surface area contributed by atoms with Crippen molar-refractivity contribution in [1.29, 1.82) is 0 Å².